The van der Waals surface area contributed by atoms with Gasteiger partial charge >= 0.3 is 5.97 Å². The van der Waals surface area contributed by atoms with Crippen molar-refractivity contribution in [3.05, 3.63) is 68.2 Å². The van der Waals surface area contributed by atoms with Crippen LogP contribution in [0.5, 0.6) is 0 Å². The monoisotopic (exact) mass is 348 g/mol. The van der Waals surface area contributed by atoms with Crippen LogP contribution >= 0.6 is 11.6 Å². The maximum Gasteiger partial charge on any atom is 0.338 e. The topological polar surface area (TPSA) is 98.5 Å². The van der Waals surface area contributed by atoms with Crippen molar-refractivity contribution < 1.29 is 19.2 Å². The number of esters is 1. The fourth-order valence-electron chi connectivity index (χ4n) is 2.09. The highest BCUT2D eigenvalue weighted by Crippen LogP contribution is 2.26. The number of hydrogen-bond acceptors (Lipinski definition) is 5. The van der Waals surface area contributed by atoms with Gasteiger partial charge in [-0.05, 0) is 36.8 Å². The second kappa shape index (κ2) is 7.10. The van der Waals surface area contributed by atoms with Gasteiger partial charge in [-0.2, -0.15) is 0 Å². The summed E-state index contributed by atoms with van der Waals surface area (Å²) in [4.78, 5) is 34.2. The molecule has 0 heterocycles. The molecule has 2 aromatic rings. The molecule has 0 fully saturated rings. The summed E-state index contributed by atoms with van der Waals surface area (Å²) in [5, 5.41) is 13.5. The molecule has 0 aliphatic carbocycles. The zero-order valence-electron chi connectivity index (χ0n) is 12.8. The number of methoxy groups -OCH3 is 1. The van der Waals surface area contributed by atoms with E-state index in [0.29, 0.717) is 16.8 Å². The second-order valence-electron chi connectivity index (χ2n) is 4.85. The van der Waals surface area contributed by atoms with Gasteiger partial charge in [0.2, 0.25) is 0 Å². The Kier molecular flexibility index (Phi) is 5.15. The predicted octanol–water partition coefficient (Wildman–Crippen LogP) is 3.60. The molecule has 0 aromatic heterocycles. The number of hydrogen-bond donors (Lipinski definition) is 1. The summed E-state index contributed by atoms with van der Waals surface area (Å²) in [5.41, 5.74) is 0.970. The number of nitrogens with zero attached hydrogens (tertiary/aromatic N) is 1. The maximum absolute atomic E-state index is 12.3. The van der Waals surface area contributed by atoms with Crippen LogP contribution in [-0.4, -0.2) is 23.9 Å². The molecule has 0 radical (unpaired) electrons. The molecule has 0 bridgehead atoms. The highest BCUT2D eigenvalue weighted by molar-refractivity contribution is 6.32. The average molecular weight is 349 g/mol. The van der Waals surface area contributed by atoms with Gasteiger partial charge in [0, 0.05) is 17.3 Å². The van der Waals surface area contributed by atoms with Gasteiger partial charge in [-0.1, -0.05) is 17.7 Å². The Morgan fingerprint density at radius 2 is 1.96 bits per heavy atom. The minimum atomic E-state index is -0.664. The van der Waals surface area contributed by atoms with Crippen LogP contribution in [0.15, 0.2) is 36.4 Å². The predicted molar refractivity (Wildman–Crippen MR) is 88.6 cm³/mol. The molecule has 8 heteroatoms. The van der Waals surface area contributed by atoms with Crippen molar-refractivity contribution in [2.45, 2.75) is 6.92 Å². The number of nitro groups is 1. The molecule has 124 valence electrons. The molecule has 0 saturated heterocycles. The molecule has 1 amide bonds. The molecule has 24 heavy (non-hydrogen) atoms. The van der Waals surface area contributed by atoms with Crippen LogP contribution in [0.1, 0.15) is 26.3 Å². The van der Waals surface area contributed by atoms with Crippen molar-refractivity contribution in [3.63, 3.8) is 0 Å². The van der Waals surface area contributed by atoms with Crippen molar-refractivity contribution >= 4 is 34.9 Å². The number of amides is 1. The molecule has 0 unspecified atom stereocenters. The van der Waals surface area contributed by atoms with E-state index in [4.69, 9.17) is 11.6 Å². The number of rotatable bonds is 4. The summed E-state index contributed by atoms with van der Waals surface area (Å²) >= 11 is 5.73. The Morgan fingerprint density at radius 3 is 2.58 bits per heavy atom. The van der Waals surface area contributed by atoms with E-state index < -0.39 is 16.8 Å². The molecule has 1 N–H and O–H groups in total. The molecule has 0 saturated carbocycles. The summed E-state index contributed by atoms with van der Waals surface area (Å²) in [5.74, 6) is -1.08. The van der Waals surface area contributed by atoms with Crippen LogP contribution in [0.25, 0.3) is 0 Å². The minimum absolute atomic E-state index is 0.0552. The van der Waals surface area contributed by atoms with Crippen molar-refractivity contribution in [1.29, 1.82) is 0 Å². The molecular formula is C16H13ClN2O5. The number of carbonyl (C=O) groups is 2. The maximum atomic E-state index is 12.3. The van der Waals surface area contributed by atoms with Gasteiger partial charge in [0.25, 0.3) is 11.6 Å². The van der Waals surface area contributed by atoms with Crippen LogP contribution in [0.4, 0.5) is 11.4 Å². The first kappa shape index (κ1) is 17.4. The van der Waals surface area contributed by atoms with Crippen LogP contribution in [0, 0.1) is 17.0 Å². The quantitative estimate of drug-likeness (QED) is 0.517. The zero-order valence-corrected chi connectivity index (χ0v) is 13.6. The summed E-state index contributed by atoms with van der Waals surface area (Å²) in [6.07, 6.45) is 0. The smallest absolute Gasteiger partial charge is 0.338 e. The van der Waals surface area contributed by atoms with E-state index in [2.05, 4.69) is 10.1 Å². The fourth-order valence-corrected chi connectivity index (χ4v) is 2.28. The number of nitro benzene ring substituents is 1. The number of nitrogens with one attached hydrogen (secondary N) is 1. The molecule has 2 aromatic carbocycles. The number of halogens is 1. The van der Waals surface area contributed by atoms with Crippen molar-refractivity contribution in [1.82, 2.24) is 0 Å². The van der Waals surface area contributed by atoms with Gasteiger partial charge in [0.05, 0.1) is 17.6 Å². The summed E-state index contributed by atoms with van der Waals surface area (Å²) in [6, 6.07) is 8.54. The molecular weight excluding hydrogens is 336 g/mol. The zero-order chi connectivity index (χ0) is 17.9. The molecule has 7 nitrogen and oxygen atoms in total. The van der Waals surface area contributed by atoms with E-state index in [1.54, 1.807) is 25.1 Å². The lowest BCUT2D eigenvalue weighted by Gasteiger charge is -2.11. The molecule has 0 atom stereocenters. The third-order valence-electron chi connectivity index (χ3n) is 3.39. The van der Waals surface area contributed by atoms with Gasteiger partial charge in [0.1, 0.15) is 5.02 Å². The van der Waals surface area contributed by atoms with Crippen molar-refractivity contribution in [3.8, 4) is 0 Å². The van der Waals surface area contributed by atoms with Gasteiger partial charge in [-0.3, -0.25) is 14.9 Å². The Bertz CT molecular complexity index is 835. The Hall–Kier alpha value is -2.93. The highest BCUT2D eigenvalue weighted by Gasteiger charge is 2.18. The van der Waals surface area contributed by atoms with Crippen molar-refractivity contribution in [2.24, 2.45) is 0 Å². The fraction of sp³-hybridized carbons (Fsp3) is 0.125. The Labute approximate surface area is 142 Å². The molecule has 2 rings (SSSR count). The summed E-state index contributed by atoms with van der Waals surface area (Å²) in [7, 11) is 1.26. The Balaban J connectivity index is 2.32. The average Bonchev–Trinajstić information content (AvgIpc) is 2.56. The van der Waals surface area contributed by atoms with Gasteiger partial charge < -0.3 is 10.1 Å². The first-order valence-corrected chi connectivity index (χ1v) is 7.16. The van der Waals surface area contributed by atoms with E-state index in [9.17, 15) is 19.7 Å². The van der Waals surface area contributed by atoms with E-state index >= 15 is 0 Å². The van der Waals surface area contributed by atoms with E-state index in [1.807, 2.05) is 0 Å². The minimum Gasteiger partial charge on any atom is -0.465 e. The lowest BCUT2D eigenvalue weighted by molar-refractivity contribution is -0.384. The lowest BCUT2D eigenvalue weighted by atomic mass is 10.1. The first-order valence-electron chi connectivity index (χ1n) is 6.78. The van der Waals surface area contributed by atoms with E-state index in [-0.39, 0.29) is 16.3 Å². The molecule has 0 aliphatic rings. The van der Waals surface area contributed by atoms with Crippen molar-refractivity contribution in [2.75, 3.05) is 12.4 Å². The third-order valence-corrected chi connectivity index (χ3v) is 3.71. The summed E-state index contributed by atoms with van der Waals surface area (Å²) in [6.45, 7) is 1.66. The molecule has 0 aliphatic heterocycles. The molecule has 0 spiro atoms. The Morgan fingerprint density at radius 1 is 1.25 bits per heavy atom. The standard InChI is InChI=1S/C16H13ClN2O5/c1-9-11(16(21)24-2)4-3-5-13(9)18-15(20)10-6-7-12(17)14(8-10)19(22)23/h3-8H,1-2H3,(H,18,20). The van der Waals surface area contributed by atoms with Crippen LogP contribution in [0.3, 0.4) is 0 Å². The van der Waals surface area contributed by atoms with Crippen LogP contribution in [0.2, 0.25) is 5.02 Å². The SMILES string of the molecule is COC(=O)c1cccc(NC(=O)c2ccc(Cl)c([N+](=O)[O-])c2)c1C. The third kappa shape index (κ3) is 3.52. The number of anilines is 1. The number of ether oxygens (including phenoxy) is 1. The van der Waals surface area contributed by atoms with Crippen LogP contribution in [-0.2, 0) is 4.74 Å². The highest BCUT2D eigenvalue weighted by atomic mass is 35.5. The van der Waals surface area contributed by atoms with Gasteiger partial charge in [0.15, 0.2) is 0 Å². The number of benzene rings is 2. The van der Waals surface area contributed by atoms with Gasteiger partial charge in [-0.15, -0.1) is 0 Å². The number of carbonyl (C=O) groups excluding carboxylic acids is 2. The first-order chi connectivity index (χ1) is 11.3. The van der Waals surface area contributed by atoms with E-state index in [0.717, 1.165) is 6.07 Å². The lowest BCUT2D eigenvalue weighted by Crippen LogP contribution is -2.14. The normalized spacial score (nSPS) is 10.1. The van der Waals surface area contributed by atoms with Crippen LogP contribution < -0.4 is 5.32 Å². The van der Waals surface area contributed by atoms with Gasteiger partial charge in [-0.25, -0.2) is 4.79 Å². The second-order valence-corrected chi connectivity index (χ2v) is 5.25. The largest absolute Gasteiger partial charge is 0.465 e. The van der Waals surface area contributed by atoms with E-state index in [1.165, 1.54) is 19.2 Å². The summed E-state index contributed by atoms with van der Waals surface area (Å²) < 4.78 is 4.68.